The Balaban J connectivity index is 2.03. The number of nitrogens with one attached hydrogen (secondary N) is 1. The predicted octanol–water partition coefficient (Wildman–Crippen LogP) is 2.83. The van der Waals surface area contributed by atoms with Crippen molar-refractivity contribution in [3.8, 4) is 0 Å². The summed E-state index contributed by atoms with van der Waals surface area (Å²) < 4.78 is 4.85. The minimum atomic E-state index is -0.396. The minimum absolute atomic E-state index is 0.153. The number of ether oxygens (including phenoxy) is 1. The third-order valence-corrected chi connectivity index (χ3v) is 5.60. The van der Waals surface area contributed by atoms with Crippen molar-refractivity contribution in [1.82, 2.24) is 5.32 Å². The van der Waals surface area contributed by atoms with Gasteiger partial charge < -0.3 is 10.1 Å². The van der Waals surface area contributed by atoms with Crippen LogP contribution < -0.4 is 5.32 Å². The minimum Gasteiger partial charge on any atom is -0.467 e. The van der Waals surface area contributed by atoms with Crippen LogP contribution in [0, 0.1) is 11.8 Å². The third-order valence-electron chi connectivity index (χ3n) is 4.42. The summed E-state index contributed by atoms with van der Waals surface area (Å²) in [6, 6.07) is -0.396. The van der Waals surface area contributed by atoms with Crippen LogP contribution in [0.25, 0.3) is 0 Å². The van der Waals surface area contributed by atoms with E-state index in [1.165, 1.54) is 32.8 Å². The van der Waals surface area contributed by atoms with Crippen molar-refractivity contribution >= 4 is 22.9 Å². The van der Waals surface area contributed by atoms with Crippen LogP contribution in [0.3, 0.4) is 0 Å². The van der Waals surface area contributed by atoms with E-state index in [1.54, 1.807) is 11.8 Å². The number of aliphatic imine (C=N–C) groups is 1. The lowest BCUT2D eigenvalue weighted by molar-refractivity contribution is -0.143. The molecule has 0 bridgehead atoms. The topological polar surface area (TPSA) is 50.7 Å². The lowest BCUT2D eigenvalue weighted by Gasteiger charge is -2.35. The number of esters is 1. The predicted molar refractivity (Wildman–Crippen MR) is 84.0 cm³/mol. The molecular formula is C15H26N2O2S. The normalized spacial score (nSPS) is 33.5. The maximum absolute atomic E-state index is 11.8. The number of hydrogen-bond donors (Lipinski definition) is 1. The van der Waals surface area contributed by atoms with E-state index in [-0.39, 0.29) is 17.4 Å². The van der Waals surface area contributed by atoms with E-state index in [9.17, 15) is 4.79 Å². The third kappa shape index (κ3) is 3.48. The van der Waals surface area contributed by atoms with E-state index in [1.807, 2.05) is 13.8 Å². The van der Waals surface area contributed by atoms with Gasteiger partial charge in [-0.05, 0) is 37.5 Å². The number of amidine groups is 1. The van der Waals surface area contributed by atoms with Gasteiger partial charge in [0, 0.05) is 11.3 Å². The Bertz CT molecular complexity index is 387. The second-order valence-electron chi connectivity index (χ2n) is 6.52. The van der Waals surface area contributed by atoms with Crippen LogP contribution in [0.1, 0.15) is 46.5 Å². The molecule has 1 saturated heterocycles. The van der Waals surface area contributed by atoms with Crippen molar-refractivity contribution in [2.45, 2.75) is 58.0 Å². The number of hydrogen-bond acceptors (Lipinski definition) is 4. The number of rotatable bonds is 3. The van der Waals surface area contributed by atoms with Crippen molar-refractivity contribution in [3.63, 3.8) is 0 Å². The molecule has 0 radical (unpaired) electrons. The summed E-state index contributed by atoms with van der Waals surface area (Å²) in [4.78, 5) is 16.4. The molecule has 1 aliphatic heterocycles. The highest BCUT2D eigenvalue weighted by Crippen LogP contribution is 2.38. The van der Waals surface area contributed by atoms with Crippen molar-refractivity contribution in [3.05, 3.63) is 0 Å². The maximum Gasteiger partial charge on any atom is 0.330 e. The molecule has 1 N–H and O–H groups in total. The highest BCUT2D eigenvalue weighted by molar-refractivity contribution is 8.14. The monoisotopic (exact) mass is 298 g/mol. The zero-order chi connectivity index (χ0) is 14.8. The van der Waals surface area contributed by atoms with E-state index in [2.05, 4.69) is 17.2 Å². The van der Waals surface area contributed by atoms with Crippen LogP contribution in [0.5, 0.6) is 0 Å². The Morgan fingerprint density at radius 1 is 1.45 bits per heavy atom. The summed E-state index contributed by atoms with van der Waals surface area (Å²) in [6.45, 7) is 6.34. The summed E-state index contributed by atoms with van der Waals surface area (Å²) in [5.41, 5.74) is 0.216. The number of carbonyl (C=O) groups is 1. The van der Waals surface area contributed by atoms with Gasteiger partial charge >= 0.3 is 5.97 Å². The molecule has 1 spiro atoms. The molecule has 0 aromatic heterocycles. The Kier molecular flexibility index (Phi) is 4.99. The fourth-order valence-corrected chi connectivity index (χ4v) is 4.13. The van der Waals surface area contributed by atoms with Gasteiger partial charge in [-0.15, -0.1) is 0 Å². The van der Waals surface area contributed by atoms with E-state index >= 15 is 0 Å². The van der Waals surface area contributed by atoms with Gasteiger partial charge in [-0.3, -0.25) is 0 Å². The van der Waals surface area contributed by atoms with Gasteiger partial charge in [0.2, 0.25) is 0 Å². The van der Waals surface area contributed by atoms with E-state index < -0.39 is 6.04 Å². The molecule has 5 heteroatoms. The number of methoxy groups -OCH3 is 1. The summed E-state index contributed by atoms with van der Waals surface area (Å²) in [5.74, 6) is 1.82. The molecule has 2 rings (SSSR count). The van der Waals surface area contributed by atoms with Crippen molar-refractivity contribution in [1.29, 1.82) is 0 Å². The number of carbonyl (C=O) groups excluding carboxylic acids is 1. The molecule has 4 nitrogen and oxygen atoms in total. The first-order valence-corrected chi connectivity index (χ1v) is 8.51. The molecule has 1 aliphatic carbocycles. The van der Waals surface area contributed by atoms with E-state index in [0.29, 0.717) is 0 Å². The first kappa shape index (κ1) is 15.7. The number of nitrogens with zero attached hydrogens (tertiary/aromatic N) is 1. The van der Waals surface area contributed by atoms with Gasteiger partial charge in [-0.25, -0.2) is 9.79 Å². The van der Waals surface area contributed by atoms with Gasteiger partial charge in [0.25, 0.3) is 0 Å². The molecule has 1 unspecified atom stereocenters. The van der Waals surface area contributed by atoms with Crippen LogP contribution >= 0.6 is 11.8 Å². The second-order valence-corrected chi connectivity index (χ2v) is 7.49. The fraction of sp³-hybridized carbons (Fsp3) is 0.867. The molecule has 1 heterocycles. The molecule has 0 aromatic carbocycles. The molecule has 20 heavy (non-hydrogen) atoms. The van der Waals surface area contributed by atoms with Crippen LogP contribution in [0.15, 0.2) is 4.99 Å². The molecule has 2 fully saturated rings. The van der Waals surface area contributed by atoms with E-state index in [0.717, 1.165) is 16.8 Å². The van der Waals surface area contributed by atoms with Crippen LogP contribution in [-0.2, 0) is 9.53 Å². The Labute approximate surface area is 126 Å². The van der Waals surface area contributed by atoms with Gasteiger partial charge in [0.1, 0.15) is 0 Å². The average Bonchev–Trinajstić information content (AvgIpc) is 2.82. The average molecular weight is 298 g/mol. The lowest BCUT2D eigenvalue weighted by atomic mass is 9.78. The maximum atomic E-state index is 11.8. The van der Waals surface area contributed by atoms with Crippen molar-refractivity contribution < 1.29 is 9.53 Å². The quantitative estimate of drug-likeness (QED) is 0.814. The second kappa shape index (κ2) is 6.37. The highest BCUT2D eigenvalue weighted by Gasteiger charge is 2.40. The van der Waals surface area contributed by atoms with Crippen LogP contribution in [-0.4, -0.2) is 35.6 Å². The van der Waals surface area contributed by atoms with Crippen LogP contribution in [0.4, 0.5) is 0 Å². The smallest absolute Gasteiger partial charge is 0.330 e. The first-order valence-electron chi connectivity index (χ1n) is 7.52. The summed E-state index contributed by atoms with van der Waals surface area (Å²) >= 11 is 1.75. The lowest BCUT2D eigenvalue weighted by Crippen LogP contribution is -2.46. The molecule has 2 aliphatic rings. The Hall–Kier alpha value is -0.710. The number of thioether (sulfide) groups is 1. The summed E-state index contributed by atoms with van der Waals surface area (Å²) in [6.07, 6.45) is 4.99. The van der Waals surface area contributed by atoms with Gasteiger partial charge in [0.05, 0.1) is 7.11 Å². The summed E-state index contributed by atoms with van der Waals surface area (Å²) in [5, 5.41) is 4.52. The standard InChI is InChI=1S/C15H26N2O2S/c1-10(2)12(13(18)19-4)16-14-17-15(9-20-14)7-5-11(3)6-8-15/h10-12H,5-9H2,1-4H3,(H,16,17). The van der Waals surface area contributed by atoms with Crippen molar-refractivity contribution in [2.75, 3.05) is 12.9 Å². The Morgan fingerprint density at radius 2 is 2.10 bits per heavy atom. The fourth-order valence-electron chi connectivity index (χ4n) is 2.88. The zero-order valence-corrected chi connectivity index (χ0v) is 13.8. The summed E-state index contributed by atoms with van der Waals surface area (Å²) in [7, 11) is 1.43. The highest BCUT2D eigenvalue weighted by atomic mass is 32.2. The molecule has 1 saturated carbocycles. The SMILES string of the molecule is COC(=O)C(N=C1NC2(CCC(C)CC2)CS1)C(C)C. The molecule has 0 aromatic rings. The van der Waals surface area contributed by atoms with Gasteiger partial charge in [-0.1, -0.05) is 32.5 Å². The van der Waals surface area contributed by atoms with E-state index in [4.69, 9.17) is 4.74 Å². The molecular weight excluding hydrogens is 272 g/mol. The first-order chi connectivity index (χ1) is 9.46. The van der Waals surface area contributed by atoms with Crippen molar-refractivity contribution in [2.24, 2.45) is 16.8 Å². The molecule has 1 atom stereocenters. The van der Waals surface area contributed by atoms with Crippen LogP contribution in [0.2, 0.25) is 0 Å². The molecule has 114 valence electrons. The Morgan fingerprint density at radius 3 is 2.65 bits per heavy atom. The molecule has 0 amide bonds. The largest absolute Gasteiger partial charge is 0.467 e. The van der Waals surface area contributed by atoms with Gasteiger partial charge in [0.15, 0.2) is 11.2 Å². The van der Waals surface area contributed by atoms with Gasteiger partial charge in [-0.2, -0.15) is 0 Å². The zero-order valence-electron chi connectivity index (χ0n) is 12.9.